The Morgan fingerprint density at radius 2 is 1.87 bits per heavy atom. The highest BCUT2D eigenvalue weighted by Crippen LogP contribution is 2.05. The molecule has 1 saturated heterocycles. The van der Waals surface area contributed by atoms with Crippen molar-refractivity contribution in [2.75, 3.05) is 39.3 Å². The zero-order valence-electron chi connectivity index (χ0n) is 14.4. The Kier molecular flexibility index (Phi) is 7.30. The van der Waals surface area contributed by atoms with E-state index in [2.05, 4.69) is 60.5 Å². The Bertz CT molecular complexity index is 491. The Morgan fingerprint density at radius 3 is 2.52 bits per heavy atom. The van der Waals surface area contributed by atoms with Crippen molar-refractivity contribution in [2.24, 2.45) is 0 Å². The lowest BCUT2D eigenvalue weighted by Crippen LogP contribution is -2.49. The lowest BCUT2D eigenvalue weighted by molar-refractivity contribution is -0.132. The van der Waals surface area contributed by atoms with Gasteiger partial charge in [-0.15, -0.1) is 0 Å². The van der Waals surface area contributed by atoms with Gasteiger partial charge in [0.2, 0.25) is 5.91 Å². The highest BCUT2D eigenvalue weighted by Gasteiger charge is 2.19. The van der Waals surface area contributed by atoms with Gasteiger partial charge in [0.05, 0.1) is 0 Å². The van der Waals surface area contributed by atoms with Gasteiger partial charge in [-0.25, -0.2) is 0 Å². The zero-order chi connectivity index (χ0) is 16.5. The van der Waals surface area contributed by atoms with E-state index in [0.29, 0.717) is 12.5 Å². The highest BCUT2D eigenvalue weighted by molar-refractivity contribution is 5.76. The largest absolute Gasteiger partial charge is 0.340 e. The van der Waals surface area contributed by atoms with E-state index in [-0.39, 0.29) is 5.91 Å². The molecule has 2 rings (SSSR count). The average molecular weight is 315 g/mol. The molecule has 1 heterocycles. The third-order valence-electron chi connectivity index (χ3n) is 4.09. The van der Waals surface area contributed by atoms with Crippen LogP contribution < -0.4 is 5.32 Å². The molecule has 1 fully saturated rings. The molecule has 1 aliphatic rings. The number of piperazine rings is 1. The summed E-state index contributed by atoms with van der Waals surface area (Å²) < 4.78 is 0. The van der Waals surface area contributed by atoms with Crippen molar-refractivity contribution >= 4 is 12.0 Å². The Labute approximate surface area is 140 Å². The number of rotatable bonds is 7. The number of hydrogen-bond acceptors (Lipinski definition) is 3. The van der Waals surface area contributed by atoms with Crippen LogP contribution >= 0.6 is 0 Å². The molecule has 4 heteroatoms. The van der Waals surface area contributed by atoms with E-state index < -0.39 is 0 Å². The first kappa shape index (κ1) is 17.7. The number of nitrogens with zero attached hydrogens (tertiary/aromatic N) is 2. The quantitative estimate of drug-likeness (QED) is 0.838. The Balaban J connectivity index is 1.65. The van der Waals surface area contributed by atoms with Crippen LogP contribution in [-0.4, -0.2) is 61.0 Å². The average Bonchev–Trinajstić information content (AvgIpc) is 2.56. The van der Waals surface area contributed by atoms with Crippen molar-refractivity contribution in [3.8, 4) is 0 Å². The maximum Gasteiger partial charge on any atom is 0.223 e. The van der Waals surface area contributed by atoms with Crippen molar-refractivity contribution < 1.29 is 4.79 Å². The van der Waals surface area contributed by atoms with Crippen LogP contribution in [0.4, 0.5) is 0 Å². The SMILES string of the molecule is CC(C)NCCC(=O)N1CCN(C/C=C/c2ccccc2)CC1. The predicted molar refractivity (Wildman–Crippen MR) is 96.3 cm³/mol. The summed E-state index contributed by atoms with van der Waals surface area (Å²) in [6.07, 6.45) is 4.97. The first-order valence-electron chi connectivity index (χ1n) is 8.60. The monoisotopic (exact) mass is 315 g/mol. The van der Waals surface area contributed by atoms with Crippen LogP contribution in [-0.2, 0) is 4.79 Å². The summed E-state index contributed by atoms with van der Waals surface area (Å²) in [7, 11) is 0. The topological polar surface area (TPSA) is 35.6 Å². The summed E-state index contributed by atoms with van der Waals surface area (Å²) in [4.78, 5) is 16.5. The summed E-state index contributed by atoms with van der Waals surface area (Å²) in [5.41, 5.74) is 1.24. The van der Waals surface area contributed by atoms with Crippen LogP contribution in [0.1, 0.15) is 25.8 Å². The molecule has 1 N–H and O–H groups in total. The molecule has 0 unspecified atom stereocenters. The summed E-state index contributed by atoms with van der Waals surface area (Å²) in [5, 5.41) is 3.30. The second-order valence-corrected chi connectivity index (χ2v) is 6.35. The molecule has 0 atom stereocenters. The van der Waals surface area contributed by atoms with Crippen molar-refractivity contribution in [3.63, 3.8) is 0 Å². The van der Waals surface area contributed by atoms with Gasteiger partial charge in [0, 0.05) is 51.7 Å². The van der Waals surface area contributed by atoms with Crippen LogP contribution in [0.5, 0.6) is 0 Å². The second-order valence-electron chi connectivity index (χ2n) is 6.35. The minimum atomic E-state index is 0.276. The number of nitrogens with one attached hydrogen (secondary N) is 1. The van der Waals surface area contributed by atoms with Crippen molar-refractivity contribution in [1.82, 2.24) is 15.1 Å². The fraction of sp³-hybridized carbons (Fsp3) is 0.526. The summed E-state index contributed by atoms with van der Waals surface area (Å²) in [6, 6.07) is 10.8. The van der Waals surface area contributed by atoms with Gasteiger partial charge >= 0.3 is 0 Å². The van der Waals surface area contributed by atoms with E-state index in [0.717, 1.165) is 39.3 Å². The summed E-state index contributed by atoms with van der Waals surface area (Å²) in [6.45, 7) is 9.55. The first-order chi connectivity index (χ1) is 11.1. The van der Waals surface area contributed by atoms with Gasteiger partial charge in [-0.3, -0.25) is 9.69 Å². The van der Waals surface area contributed by atoms with Gasteiger partial charge in [-0.05, 0) is 5.56 Å². The molecule has 0 radical (unpaired) electrons. The number of carbonyl (C=O) groups is 1. The highest BCUT2D eigenvalue weighted by atomic mass is 16.2. The molecule has 0 aromatic heterocycles. The van der Waals surface area contributed by atoms with Crippen LogP contribution in [0.3, 0.4) is 0 Å². The summed E-state index contributed by atoms with van der Waals surface area (Å²) in [5.74, 6) is 0.276. The van der Waals surface area contributed by atoms with E-state index in [9.17, 15) is 4.79 Å². The number of carbonyl (C=O) groups excluding carboxylic acids is 1. The van der Waals surface area contributed by atoms with E-state index in [4.69, 9.17) is 0 Å². The van der Waals surface area contributed by atoms with Gasteiger partial charge in [0.15, 0.2) is 0 Å². The first-order valence-corrected chi connectivity index (χ1v) is 8.60. The molecule has 23 heavy (non-hydrogen) atoms. The summed E-state index contributed by atoms with van der Waals surface area (Å²) >= 11 is 0. The van der Waals surface area contributed by atoms with Gasteiger partial charge in [0.25, 0.3) is 0 Å². The van der Waals surface area contributed by atoms with E-state index in [1.807, 2.05) is 11.0 Å². The Hall–Kier alpha value is -1.65. The predicted octanol–water partition coefficient (Wildman–Crippen LogP) is 2.23. The van der Waals surface area contributed by atoms with Gasteiger partial charge in [0.1, 0.15) is 0 Å². The van der Waals surface area contributed by atoms with Crippen molar-refractivity contribution in [2.45, 2.75) is 26.3 Å². The number of amides is 1. The normalized spacial score (nSPS) is 16.4. The van der Waals surface area contributed by atoms with Crippen molar-refractivity contribution in [3.05, 3.63) is 42.0 Å². The van der Waals surface area contributed by atoms with Crippen LogP contribution in [0, 0.1) is 0 Å². The molecule has 0 spiro atoms. The van der Waals surface area contributed by atoms with Gasteiger partial charge in [-0.1, -0.05) is 56.3 Å². The van der Waals surface area contributed by atoms with Crippen molar-refractivity contribution in [1.29, 1.82) is 0 Å². The van der Waals surface area contributed by atoms with E-state index >= 15 is 0 Å². The zero-order valence-corrected chi connectivity index (χ0v) is 14.4. The fourth-order valence-corrected chi connectivity index (χ4v) is 2.71. The van der Waals surface area contributed by atoms with Crippen LogP contribution in [0.2, 0.25) is 0 Å². The standard InChI is InChI=1S/C19H29N3O/c1-17(2)20-11-10-19(23)22-15-13-21(14-16-22)12-6-9-18-7-4-3-5-8-18/h3-9,17,20H,10-16H2,1-2H3/b9-6+. The maximum atomic E-state index is 12.1. The van der Waals surface area contributed by atoms with Gasteiger partial charge < -0.3 is 10.2 Å². The minimum absolute atomic E-state index is 0.276. The number of benzene rings is 1. The van der Waals surface area contributed by atoms with E-state index in [1.165, 1.54) is 5.56 Å². The van der Waals surface area contributed by atoms with Crippen LogP contribution in [0.25, 0.3) is 6.08 Å². The molecule has 1 amide bonds. The third kappa shape index (κ3) is 6.55. The van der Waals surface area contributed by atoms with Gasteiger partial charge in [-0.2, -0.15) is 0 Å². The third-order valence-corrected chi connectivity index (χ3v) is 4.09. The molecule has 1 aromatic carbocycles. The van der Waals surface area contributed by atoms with E-state index in [1.54, 1.807) is 0 Å². The molecule has 4 nitrogen and oxygen atoms in total. The lowest BCUT2D eigenvalue weighted by Gasteiger charge is -2.34. The number of hydrogen-bond donors (Lipinski definition) is 1. The second kappa shape index (κ2) is 9.48. The molecule has 1 aromatic rings. The fourth-order valence-electron chi connectivity index (χ4n) is 2.71. The lowest BCUT2D eigenvalue weighted by atomic mass is 10.2. The van der Waals surface area contributed by atoms with Crippen LogP contribution in [0.15, 0.2) is 36.4 Å². The smallest absolute Gasteiger partial charge is 0.223 e. The molecule has 126 valence electrons. The molecular formula is C19H29N3O. The Morgan fingerprint density at radius 1 is 1.17 bits per heavy atom. The molecule has 1 aliphatic heterocycles. The molecule has 0 saturated carbocycles. The minimum Gasteiger partial charge on any atom is -0.340 e. The molecular weight excluding hydrogens is 286 g/mol. The molecule has 0 bridgehead atoms. The molecule has 0 aliphatic carbocycles. The maximum absolute atomic E-state index is 12.1.